The molecule has 3 heteroatoms. The van der Waals surface area contributed by atoms with Crippen molar-refractivity contribution in [2.24, 2.45) is 0 Å². The second kappa shape index (κ2) is 7.71. The van der Waals surface area contributed by atoms with Crippen molar-refractivity contribution < 1.29 is 9.53 Å². The Bertz CT molecular complexity index is 859. The molecule has 1 unspecified atom stereocenters. The Balaban J connectivity index is 1.53. The predicted octanol–water partition coefficient (Wildman–Crippen LogP) is 5.26. The van der Waals surface area contributed by atoms with E-state index in [1.54, 1.807) is 0 Å². The minimum atomic E-state index is -0.481. The van der Waals surface area contributed by atoms with E-state index in [0.29, 0.717) is 5.56 Å². The molecule has 4 rings (SSSR count). The molecule has 0 amide bonds. The fourth-order valence-corrected chi connectivity index (χ4v) is 4.50. The summed E-state index contributed by atoms with van der Waals surface area (Å²) in [5, 5.41) is 0. The fraction of sp³-hybridized carbons (Fsp3) is 0.480. The number of aryl methyl sites for hydroxylation is 1. The lowest BCUT2D eigenvalue weighted by molar-refractivity contribution is 0.00696. The minimum absolute atomic E-state index is 0.263. The first-order valence-electron chi connectivity index (χ1n) is 10.6. The maximum Gasteiger partial charge on any atom is 0.338 e. The molecule has 1 saturated heterocycles. The van der Waals surface area contributed by atoms with Crippen LogP contribution >= 0.6 is 0 Å². The monoisotopic (exact) mass is 377 g/mol. The van der Waals surface area contributed by atoms with Crippen molar-refractivity contribution in [2.75, 3.05) is 13.1 Å². The second-order valence-electron chi connectivity index (χ2n) is 9.21. The first kappa shape index (κ1) is 19.2. The molecule has 148 valence electrons. The van der Waals surface area contributed by atoms with Crippen LogP contribution in [0, 0.1) is 0 Å². The van der Waals surface area contributed by atoms with Gasteiger partial charge in [-0.3, -0.25) is 0 Å². The van der Waals surface area contributed by atoms with E-state index < -0.39 is 5.60 Å². The van der Waals surface area contributed by atoms with E-state index in [-0.39, 0.29) is 5.97 Å². The molecular weight excluding hydrogens is 346 g/mol. The van der Waals surface area contributed by atoms with Crippen molar-refractivity contribution in [3.63, 3.8) is 0 Å². The highest BCUT2D eigenvalue weighted by molar-refractivity contribution is 5.91. The van der Waals surface area contributed by atoms with Crippen LogP contribution in [-0.2, 0) is 17.6 Å². The molecule has 2 aliphatic rings. The number of hydrogen-bond donors (Lipinski definition) is 0. The molecule has 2 aromatic carbocycles. The number of nitrogens with zero attached hydrogens (tertiary/aromatic N) is 1. The maximum absolute atomic E-state index is 12.4. The summed E-state index contributed by atoms with van der Waals surface area (Å²) in [4.78, 5) is 15.1. The van der Waals surface area contributed by atoms with Crippen molar-refractivity contribution in [1.29, 1.82) is 0 Å². The molecule has 0 radical (unpaired) electrons. The lowest BCUT2D eigenvalue weighted by Gasteiger charge is -2.32. The van der Waals surface area contributed by atoms with E-state index in [1.807, 2.05) is 39.0 Å². The molecule has 0 aromatic heterocycles. The van der Waals surface area contributed by atoms with Crippen LogP contribution in [0.25, 0.3) is 11.1 Å². The van der Waals surface area contributed by atoms with Crippen LogP contribution in [0.3, 0.4) is 0 Å². The molecule has 0 bridgehead atoms. The second-order valence-corrected chi connectivity index (χ2v) is 9.21. The van der Waals surface area contributed by atoms with Gasteiger partial charge in [0.2, 0.25) is 0 Å². The third kappa shape index (κ3) is 4.30. The van der Waals surface area contributed by atoms with Gasteiger partial charge in [-0.1, -0.05) is 30.3 Å². The number of rotatable bonds is 3. The number of carbonyl (C=O) groups is 1. The number of fused-ring (bicyclic) bond motifs is 1. The van der Waals surface area contributed by atoms with E-state index in [9.17, 15) is 4.79 Å². The summed E-state index contributed by atoms with van der Waals surface area (Å²) in [6.07, 6.45) is 6.30. The first-order chi connectivity index (χ1) is 13.4. The van der Waals surface area contributed by atoms with Gasteiger partial charge < -0.3 is 9.64 Å². The van der Waals surface area contributed by atoms with Crippen LogP contribution in [0.4, 0.5) is 0 Å². The topological polar surface area (TPSA) is 29.5 Å². The molecule has 1 aliphatic carbocycles. The highest BCUT2D eigenvalue weighted by atomic mass is 16.6. The van der Waals surface area contributed by atoms with Gasteiger partial charge in [0, 0.05) is 6.04 Å². The zero-order chi connectivity index (χ0) is 19.7. The van der Waals surface area contributed by atoms with Gasteiger partial charge in [-0.2, -0.15) is 0 Å². The van der Waals surface area contributed by atoms with Gasteiger partial charge in [0.25, 0.3) is 0 Å². The fourth-order valence-electron chi connectivity index (χ4n) is 4.50. The lowest BCUT2D eigenvalue weighted by Crippen LogP contribution is -2.37. The van der Waals surface area contributed by atoms with E-state index in [0.717, 1.165) is 18.0 Å². The van der Waals surface area contributed by atoms with E-state index in [4.69, 9.17) is 4.74 Å². The Labute approximate surface area is 168 Å². The van der Waals surface area contributed by atoms with Crippen molar-refractivity contribution in [3.8, 4) is 11.1 Å². The van der Waals surface area contributed by atoms with Crippen LogP contribution < -0.4 is 0 Å². The van der Waals surface area contributed by atoms with Gasteiger partial charge in [0.1, 0.15) is 5.60 Å². The SMILES string of the molecule is CC(C)(C)OC(=O)c1cccc(-c2ccc3c(c2)CCC(N2CCCC2)C3)c1. The summed E-state index contributed by atoms with van der Waals surface area (Å²) in [5.41, 5.74) is 5.35. The predicted molar refractivity (Wildman–Crippen MR) is 114 cm³/mol. The van der Waals surface area contributed by atoms with Crippen molar-refractivity contribution in [1.82, 2.24) is 4.90 Å². The van der Waals surface area contributed by atoms with Crippen LogP contribution in [0.15, 0.2) is 42.5 Å². The van der Waals surface area contributed by atoms with Gasteiger partial charge >= 0.3 is 5.97 Å². The smallest absolute Gasteiger partial charge is 0.338 e. The Morgan fingerprint density at radius 3 is 2.50 bits per heavy atom. The summed E-state index contributed by atoms with van der Waals surface area (Å²) >= 11 is 0. The molecular formula is C25H31NO2. The van der Waals surface area contributed by atoms with Crippen molar-refractivity contribution in [2.45, 2.75) is 64.5 Å². The third-order valence-electron chi connectivity index (χ3n) is 5.90. The number of esters is 1. The Kier molecular flexibility index (Phi) is 5.29. The zero-order valence-electron chi connectivity index (χ0n) is 17.3. The molecule has 28 heavy (non-hydrogen) atoms. The highest BCUT2D eigenvalue weighted by Crippen LogP contribution is 2.31. The van der Waals surface area contributed by atoms with Gasteiger partial charge in [-0.25, -0.2) is 4.79 Å². The highest BCUT2D eigenvalue weighted by Gasteiger charge is 2.26. The Morgan fingerprint density at radius 1 is 1.00 bits per heavy atom. The number of ether oxygens (including phenoxy) is 1. The lowest BCUT2D eigenvalue weighted by atomic mass is 9.85. The van der Waals surface area contributed by atoms with E-state index in [2.05, 4.69) is 29.2 Å². The molecule has 0 N–H and O–H groups in total. The normalized spacial score (nSPS) is 20.0. The maximum atomic E-state index is 12.4. The van der Waals surface area contributed by atoms with Crippen LogP contribution in [0.1, 0.15) is 61.5 Å². The Morgan fingerprint density at radius 2 is 1.75 bits per heavy atom. The quantitative estimate of drug-likeness (QED) is 0.683. The molecule has 2 aromatic rings. The van der Waals surface area contributed by atoms with Gasteiger partial charge in [-0.15, -0.1) is 0 Å². The van der Waals surface area contributed by atoms with Crippen LogP contribution in [-0.4, -0.2) is 35.6 Å². The van der Waals surface area contributed by atoms with Gasteiger partial charge in [0.05, 0.1) is 5.56 Å². The first-order valence-corrected chi connectivity index (χ1v) is 10.6. The molecule has 1 aliphatic heterocycles. The van der Waals surface area contributed by atoms with Gasteiger partial charge in [0.15, 0.2) is 0 Å². The van der Waals surface area contributed by atoms with Gasteiger partial charge in [-0.05, 0) is 100 Å². The Hall–Kier alpha value is -2.13. The van der Waals surface area contributed by atoms with Crippen LogP contribution in [0.5, 0.6) is 0 Å². The summed E-state index contributed by atoms with van der Waals surface area (Å²) in [7, 11) is 0. The summed E-state index contributed by atoms with van der Waals surface area (Å²) in [5.74, 6) is -0.263. The van der Waals surface area contributed by atoms with Crippen molar-refractivity contribution >= 4 is 5.97 Å². The molecule has 1 fully saturated rings. The standard InChI is InChI=1S/C25H31NO2/c1-25(2,3)28-24(27)22-8-6-7-18(16-22)19-9-10-21-17-23(12-11-20(21)15-19)26-13-4-5-14-26/h6-10,15-16,23H,4-5,11-14,17H2,1-3H3. The minimum Gasteiger partial charge on any atom is -0.456 e. The average molecular weight is 378 g/mol. The summed E-state index contributed by atoms with van der Waals surface area (Å²) < 4.78 is 5.52. The average Bonchev–Trinajstić information content (AvgIpc) is 3.21. The van der Waals surface area contributed by atoms with E-state index in [1.165, 1.54) is 55.5 Å². The number of benzene rings is 2. The molecule has 3 nitrogen and oxygen atoms in total. The summed E-state index contributed by atoms with van der Waals surface area (Å²) in [6, 6.07) is 15.3. The molecule has 1 atom stereocenters. The zero-order valence-corrected chi connectivity index (χ0v) is 17.3. The van der Waals surface area contributed by atoms with Crippen molar-refractivity contribution in [3.05, 3.63) is 59.2 Å². The molecule has 1 heterocycles. The molecule has 0 spiro atoms. The molecule has 0 saturated carbocycles. The van der Waals surface area contributed by atoms with Crippen LogP contribution in [0.2, 0.25) is 0 Å². The number of carbonyl (C=O) groups excluding carboxylic acids is 1. The number of hydrogen-bond acceptors (Lipinski definition) is 3. The number of likely N-dealkylation sites (tertiary alicyclic amines) is 1. The third-order valence-corrected chi connectivity index (χ3v) is 5.90. The summed E-state index contributed by atoms with van der Waals surface area (Å²) in [6.45, 7) is 8.24. The van der Waals surface area contributed by atoms with E-state index >= 15 is 0 Å². The largest absolute Gasteiger partial charge is 0.456 e.